The summed E-state index contributed by atoms with van der Waals surface area (Å²) in [6, 6.07) is 8.87. The Morgan fingerprint density at radius 3 is 2.03 bits per heavy atom. The highest BCUT2D eigenvalue weighted by atomic mass is 35.5. The largest absolute Gasteiger partial charge is 0.778 e. The molecule has 0 fully saturated rings. The second-order valence-corrected chi connectivity index (χ2v) is 20.7. The average Bonchev–Trinajstić information content (AvgIpc) is 3.20. The first-order valence-electron chi connectivity index (χ1n) is 17.9. The standard InChI is InChI=1S/C15H11ClF3NO4.C14H17N5O7S2.C3H8NO5P.C3H9S/c1-2-23-14-8-10(4-5-12(14)20(21)22)24-13-6-3-9(7-11(13)16)15(17,18)19;1-4-27(21,22)9-6-5-7-15-12(9)28(23,24)19-14(20)18-13-16-10(25-2)8-11(17-13)26-3;5-3(6)1-4-2-10(7,8)9;1-4(2)3/h3-8H,2H2,1H3;5-8H,4H2,1-3H3,(H2,16,17,18,19,20);4H,1-2H2,(H,5,6)(H2,7,8,9);1-3H3/q;;;+1/p-1. The third-order valence-corrected chi connectivity index (χ3v) is 10.9. The Kier molecular flexibility index (Phi) is 23.5. The molecule has 0 spiro atoms. The molecule has 1 atom stereocenters. The molecule has 66 heavy (non-hydrogen) atoms. The van der Waals surface area contributed by atoms with Crippen LogP contribution in [0.1, 0.15) is 19.4 Å². The van der Waals surface area contributed by atoms with Crippen LogP contribution >= 0.6 is 19.2 Å². The lowest BCUT2D eigenvalue weighted by molar-refractivity contribution is -0.385. The second kappa shape index (κ2) is 26.6. The highest BCUT2D eigenvalue weighted by Gasteiger charge is 2.31. The molecule has 31 heteroatoms. The number of urea groups is 1. The number of rotatable bonds is 16. The first-order chi connectivity index (χ1) is 30.5. The number of nitrogens with one attached hydrogen (secondary N) is 3. The van der Waals surface area contributed by atoms with E-state index in [0.717, 1.165) is 30.5 Å². The monoisotopic (exact) mass is 1040 g/mol. The number of aliphatic carboxylic acids is 1. The van der Waals surface area contributed by atoms with Crippen molar-refractivity contribution >= 4 is 73.6 Å². The van der Waals surface area contributed by atoms with Gasteiger partial charge in [-0.1, -0.05) is 18.5 Å². The van der Waals surface area contributed by atoms with Crippen molar-refractivity contribution in [2.24, 2.45) is 0 Å². The van der Waals surface area contributed by atoms with Gasteiger partial charge in [0, 0.05) is 18.3 Å². The van der Waals surface area contributed by atoms with Crippen LogP contribution in [0.3, 0.4) is 0 Å². The van der Waals surface area contributed by atoms with Crippen LogP contribution in [0.25, 0.3) is 0 Å². The van der Waals surface area contributed by atoms with Crippen LogP contribution in [0, 0.1) is 10.1 Å². The van der Waals surface area contributed by atoms with Crippen LogP contribution in [-0.2, 0) is 46.3 Å². The van der Waals surface area contributed by atoms with Gasteiger partial charge >= 0.3 is 23.9 Å². The number of ether oxygens (including phenoxy) is 4. The number of sulfonamides is 1. The Morgan fingerprint density at radius 1 is 0.970 bits per heavy atom. The van der Waals surface area contributed by atoms with Crippen molar-refractivity contribution in [3.8, 4) is 29.0 Å². The minimum absolute atomic E-state index is 0.0111. The van der Waals surface area contributed by atoms with Gasteiger partial charge < -0.3 is 38.4 Å². The summed E-state index contributed by atoms with van der Waals surface area (Å²) >= 11 is 5.80. The number of carbonyl (C=O) groups is 2. The van der Waals surface area contributed by atoms with Crippen LogP contribution < -0.4 is 39.2 Å². The number of hydrogen-bond acceptors (Lipinski definition) is 18. The van der Waals surface area contributed by atoms with Crippen LogP contribution in [-0.4, -0.2) is 117 Å². The van der Waals surface area contributed by atoms with Crippen molar-refractivity contribution in [1.29, 1.82) is 0 Å². The quantitative estimate of drug-likeness (QED) is 0.0452. The number of hydrogen-bond donors (Lipinski definition) is 5. The van der Waals surface area contributed by atoms with E-state index >= 15 is 0 Å². The molecule has 0 saturated carbocycles. The number of halogens is 4. The molecular formula is C35H44ClF3N7O16PS3. The summed E-state index contributed by atoms with van der Waals surface area (Å²) in [5, 5.41) is 22.0. The third kappa shape index (κ3) is 21.2. The molecule has 0 aliphatic carbocycles. The molecule has 2 amide bonds. The van der Waals surface area contributed by atoms with Gasteiger partial charge in [-0.3, -0.25) is 25.5 Å². The number of amides is 2. The van der Waals surface area contributed by atoms with E-state index in [2.05, 4.69) is 39.0 Å². The smallest absolute Gasteiger partial charge is 0.416 e. The predicted octanol–water partition coefficient (Wildman–Crippen LogP) is 4.31. The molecule has 4 rings (SSSR count). The Hall–Kier alpha value is -5.55. The minimum atomic E-state index is -4.61. The van der Waals surface area contributed by atoms with Crippen molar-refractivity contribution in [3.05, 3.63) is 81.5 Å². The number of aromatic nitrogens is 3. The fourth-order valence-electron chi connectivity index (χ4n) is 4.11. The second-order valence-electron chi connectivity index (χ2n) is 12.5. The normalized spacial score (nSPS) is 12.0. The summed E-state index contributed by atoms with van der Waals surface area (Å²) in [6.45, 7) is 2.73. The van der Waals surface area contributed by atoms with Crippen LogP contribution in [0.4, 0.5) is 29.6 Å². The van der Waals surface area contributed by atoms with Gasteiger partial charge in [0.05, 0.1) is 79.8 Å². The molecule has 5 N–H and O–H groups in total. The number of carboxylic acids is 1. The summed E-state index contributed by atoms with van der Waals surface area (Å²) in [5.41, 5.74) is -1.15. The Morgan fingerprint density at radius 2 is 1.56 bits per heavy atom. The van der Waals surface area contributed by atoms with Crippen LogP contribution in [0.2, 0.25) is 5.02 Å². The molecule has 0 radical (unpaired) electrons. The van der Waals surface area contributed by atoms with E-state index in [1.807, 2.05) is 5.32 Å². The number of carboxylic acid groups (broad SMARTS) is 1. The van der Waals surface area contributed by atoms with Crippen LogP contribution in [0.5, 0.6) is 29.0 Å². The molecule has 0 saturated heterocycles. The number of methoxy groups -OCH3 is 2. The molecule has 2 aromatic carbocycles. The first kappa shape index (κ1) is 58.5. The van der Waals surface area contributed by atoms with Crippen LogP contribution in [0.15, 0.2) is 70.7 Å². The lowest BCUT2D eigenvalue weighted by atomic mass is 10.2. The maximum absolute atomic E-state index is 12.6. The van der Waals surface area contributed by atoms with Crippen molar-refractivity contribution in [1.82, 2.24) is 25.0 Å². The van der Waals surface area contributed by atoms with Crippen molar-refractivity contribution in [2.75, 3.05) is 63.5 Å². The maximum Gasteiger partial charge on any atom is 0.416 e. The fourth-order valence-corrected chi connectivity index (χ4v) is 7.27. The summed E-state index contributed by atoms with van der Waals surface area (Å²) < 4.78 is 119. The summed E-state index contributed by atoms with van der Waals surface area (Å²) in [5.74, 6) is -1.57. The Balaban J connectivity index is 0.000000517. The zero-order valence-electron chi connectivity index (χ0n) is 35.7. The minimum Gasteiger partial charge on any atom is -0.778 e. The zero-order valence-corrected chi connectivity index (χ0v) is 39.8. The SMILES string of the molecule is CCOc1cc(Oc2ccc(C(F)(F)F)cc2Cl)ccc1[N+](=O)[O-].CCS(=O)(=O)c1cccnc1S(=O)(=O)NC(=O)Nc1nc(OC)cc(OC)n1.C[S+](C)C.O=C(O)CNCP(=O)([O-])O. The molecule has 23 nitrogen and oxygen atoms in total. The van der Waals surface area contributed by atoms with Crippen molar-refractivity contribution in [2.45, 2.75) is 29.9 Å². The number of sulfone groups is 1. The van der Waals surface area contributed by atoms with E-state index in [0.29, 0.717) is 10.9 Å². The molecular weight excluding hydrogens is 994 g/mol. The summed E-state index contributed by atoms with van der Waals surface area (Å²) in [7, 11) is -9.56. The molecule has 366 valence electrons. The number of nitrogens with zero attached hydrogens (tertiary/aromatic N) is 4. The molecule has 0 aliphatic rings. The lowest BCUT2D eigenvalue weighted by Gasteiger charge is -2.14. The van der Waals surface area contributed by atoms with E-state index in [4.69, 9.17) is 40.5 Å². The van der Waals surface area contributed by atoms with Gasteiger partial charge in [-0.15, -0.1) is 0 Å². The summed E-state index contributed by atoms with van der Waals surface area (Å²) in [6.07, 6.45) is 2.45. The molecule has 2 heterocycles. The molecule has 1 unspecified atom stereocenters. The number of pyridine rings is 1. The molecule has 4 aromatic rings. The van der Waals surface area contributed by atoms with E-state index < -0.39 is 78.9 Å². The van der Waals surface area contributed by atoms with E-state index in [1.54, 1.807) is 11.6 Å². The van der Waals surface area contributed by atoms with Gasteiger partial charge in [-0.05, 0) is 54.2 Å². The number of nitro groups is 1. The van der Waals surface area contributed by atoms with Crippen molar-refractivity contribution in [3.63, 3.8) is 0 Å². The predicted molar refractivity (Wildman–Crippen MR) is 233 cm³/mol. The topological polar surface area (TPSA) is 338 Å². The number of alkyl halides is 3. The van der Waals surface area contributed by atoms with Gasteiger partial charge in [0.1, 0.15) is 24.0 Å². The Labute approximate surface area is 384 Å². The maximum atomic E-state index is 12.6. The van der Waals surface area contributed by atoms with Gasteiger partial charge in [0.15, 0.2) is 14.9 Å². The van der Waals surface area contributed by atoms with E-state index in [-0.39, 0.29) is 58.0 Å². The molecule has 0 bridgehead atoms. The van der Waals surface area contributed by atoms with Crippen molar-refractivity contribution < 1.29 is 82.9 Å². The van der Waals surface area contributed by atoms with Gasteiger partial charge in [0.25, 0.3) is 10.0 Å². The van der Waals surface area contributed by atoms with Gasteiger partial charge in [-0.25, -0.2) is 22.9 Å². The fraction of sp³-hybridized carbons (Fsp3) is 0.343. The summed E-state index contributed by atoms with van der Waals surface area (Å²) in [4.78, 5) is 60.9. The van der Waals surface area contributed by atoms with E-state index in [9.17, 15) is 59.2 Å². The van der Waals surface area contributed by atoms with Gasteiger partial charge in [-0.2, -0.15) is 31.6 Å². The van der Waals surface area contributed by atoms with E-state index in [1.165, 1.54) is 51.5 Å². The van der Waals surface area contributed by atoms with Gasteiger partial charge in [0.2, 0.25) is 23.5 Å². The number of benzene rings is 2. The zero-order chi connectivity index (χ0) is 50.6. The number of carbonyl (C=O) groups excluding carboxylic acids is 1. The third-order valence-electron chi connectivity index (χ3n) is 6.76. The first-order valence-corrected chi connectivity index (χ1v) is 25.6. The molecule has 0 aliphatic heterocycles. The number of anilines is 1. The lowest BCUT2D eigenvalue weighted by Crippen LogP contribution is -2.36. The highest BCUT2D eigenvalue weighted by Crippen LogP contribution is 2.38. The Bertz CT molecular complexity index is 2530. The molecule has 2 aromatic heterocycles. The average molecular weight is 1040 g/mol. The highest BCUT2D eigenvalue weighted by molar-refractivity contribution is 7.94. The number of nitro benzene ring substituents is 1.